The molecule has 1 amide bonds. The van der Waals surface area contributed by atoms with Crippen molar-refractivity contribution < 1.29 is 9.53 Å². The monoisotopic (exact) mass is 386 g/mol. The maximum absolute atomic E-state index is 11.9. The van der Waals surface area contributed by atoms with Crippen LogP contribution in [0.3, 0.4) is 0 Å². The summed E-state index contributed by atoms with van der Waals surface area (Å²) in [7, 11) is 0. The van der Waals surface area contributed by atoms with Gasteiger partial charge in [-0.2, -0.15) is 4.98 Å². The Kier molecular flexibility index (Phi) is 4.90. The molecule has 2 aromatic carbocycles. The minimum atomic E-state index is -0.327. The van der Waals surface area contributed by atoms with Crippen LogP contribution in [0.2, 0.25) is 0 Å². The zero-order valence-electron chi connectivity index (χ0n) is 12.9. The van der Waals surface area contributed by atoms with Crippen LogP contribution < -0.4 is 10.1 Å². The number of halogens is 1. The largest absolute Gasteiger partial charge is 0.484 e. The van der Waals surface area contributed by atoms with Crippen LogP contribution in [0.5, 0.6) is 5.75 Å². The number of ether oxygens (including phenoxy) is 1. The zero-order chi connectivity index (χ0) is 16.9. The molecule has 0 aliphatic rings. The molecule has 3 rings (SSSR count). The summed E-state index contributed by atoms with van der Waals surface area (Å²) >= 11 is 3.34. The van der Waals surface area contributed by atoms with Gasteiger partial charge in [0.25, 0.3) is 5.91 Å². The topological polar surface area (TPSA) is 79.9 Å². The molecule has 0 atom stereocenters. The molecule has 7 heteroatoms. The van der Waals surface area contributed by atoms with Gasteiger partial charge in [0.1, 0.15) is 5.75 Å². The number of carbonyl (C=O) groups excluding carboxylic acids is 1. The highest BCUT2D eigenvalue weighted by Gasteiger charge is 2.09. The maximum atomic E-state index is 11.9. The average Bonchev–Trinajstić information content (AvgIpc) is 3.03. The third kappa shape index (κ3) is 4.20. The Labute approximate surface area is 147 Å². The van der Waals surface area contributed by atoms with Crippen molar-refractivity contribution in [2.24, 2.45) is 0 Å². The highest BCUT2D eigenvalue weighted by molar-refractivity contribution is 9.10. The Balaban J connectivity index is 1.57. The lowest BCUT2D eigenvalue weighted by Crippen LogP contribution is -2.20. The standard InChI is InChI=1S/C17H15BrN4O2/c1-11-2-4-12(5-3-11)16-20-17(22-21-16)19-15(23)10-24-14-8-6-13(18)7-9-14/h2-9H,10H2,1H3,(H2,19,20,21,22,23). The molecule has 2 N–H and O–H groups in total. The van der Waals surface area contributed by atoms with Crippen LogP contribution in [-0.4, -0.2) is 27.7 Å². The Morgan fingerprint density at radius 2 is 1.88 bits per heavy atom. The molecular weight excluding hydrogens is 372 g/mol. The second kappa shape index (κ2) is 7.27. The number of H-pyrrole nitrogens is 1. The second-order valence-corrected chi connectivity index (χ2v) is 6.08. The minimum Gasteiger partial charge on any atom is -0.484 e. The van der Waals surface area contributed by atoms with Crippen LogP contribution in [0.4, 0.5) is 5.95 Å². The van der Waals surface area contributed by atoms with E-state index in [4.69, 9.17) is 4.74 Å². The average molecular weight is 387 g/mol. The first-order chi connectivity index (χ1) is 11.6. The van der Waals surface area contributed by atoms with Crippen molar-refractivity contribution in [3.63, 3.8) is 0 Å². The molecule has 0 aliphatic carbocycles. The van der Waals surface area contributed by atoms with Crippen LogP contribution in [0.1, 0.15) is 5.56 Å². The van der Waals surface area contributed by atoms with E-state index in [0.29, 0.717) is 11.6 Å². The summed E-state index contributed by atoms with van der Waals surface area (Å²) in [6.45, 7) is 1.90. The number of carbonyl (C=O) groups is 1. The zero-order valence-corrected chi connectivity index (χ0v) is 14.5. The fraction of sp³-hybridized carbons (Fsp3) is 0.118. The van der Waals surface area contributed by atoms with Gasteiger partial charge >= 0.3 is 0 Å². The van der Waals surface area contributed by atoms with Gasteiger partial charge < -0.3 is 4.74 Å². The Bertz CT molecular complexity index is 829. The molecule has 0 bridgehead atoms. The summed E-state index contributed by atoms with van der Waals surface area (Å²) in [6, 6.07) is 15.1. The molecule has 1 heterocycles. The lowest BCUT2D eigenvalue weighted by molar-refractivity contribution is -0.118. The van der Waals surface area contributed by atoms with Crippen molar-refractivity contribution in [1.29, 1.82) is 0 Å². The van der Waals surface area contributed by atoms with Gasteiger partial charge in [-0.3, -0.25) is 15.2 Å². The van der Waals surface area contributed by atoms with E-state index in [1.807, 2.05) is 43.3 Å². The molecule has 0 saturated carbocycles. The van der Waals surface area contributed by atoms with Crippen LogP contribution in [0.15, 0.2) is 53.0 Å². The summed E-state index contributed by atoms with van der Waals surface area (Å²) in [5, 5.41) is 9.40. The molecule has 6 nitrogen and oxygen atoms in total. The van der Waals surface area contributed by atoms with Crippen molar-refractivity contribution >= 4 is 27.8 Å². The number of amides is 1. The number of anilines is 1. The van der Waals surface area contributed by atoms with E-state index < -0.39 is 0 Å². The quantitative estimate of drug-likeness (QED) is 0.702. The van der Waals surface area contributed by atoms with Crippen LogP contribution in [0, 0.1) is 6.92 Å². The first kappa shape index (κ1) is 16.2. The predicted octanol–water partition coefficient (Wildman–Crippen LogP) is 3.56. The van der Waals surface area contributed by atoms with E-state index in [0.717, 1.165) is 15.6 Å². The van der Waals surface area contributed by atoms with E-state index in [2.05, 4.69) is 36.4 Å². The number of aromatic amines is 1. The number of rotatable bonds is 5. The fourth-order valence-corrected chi connectivity index (χ4v) is 2.26. The van der Waals surface area contributed by atoms with Crippen LogP contribution >= 0.6 is 15.9 Å². The molecule has 0 fully saturated rings. The van der Waals surface area contributed by atoms with E-state index in [9.17, 15) is 4.79 Å². The summed E-state index contributed by atoms with van der Waals surface area (Å²) in [5.74, 6) is 1.10. The van der Waals surface area contributed by atoms with Gasteiger partial charge in [-0.1, -0.05) is 45.8 Å². The third-order valence-electron chi connectivity index (χ3n) is 3.25. The highest BCUT2D eigenvalue weighted by Crippen LogP contribution is 2.17. The van der Waals surface area contributed by atoms with Gasteiger partial charge in [0.2, 0.25) is 5.95 Å². The van der Waals surface area contributed by atoms with Gasteiger partial charge in [-0.25, -0.2) is 0 Å². The number of nitrogens with one attached hydrogen (secondary N) is 2. The normalized spacial score (nSPS) is 10.4. The minimum absolute atomic E-state index is 0.115. The van der Waals surface area contributed by atoms with Gasteiger partial charge in [0.15, 0.2) is 12.4 Å². The molecule has 0 aliphatic heterocycles. The van der Waals surface area contributed by atoms with E-state index in [1.54, 1.807) is 12.1 Å². The molecule has 1 aromatic heterocycles. The smallest absolute Gasteiger partial charge is 0.264 e. The van der Waals surface area contributed by atoms with Gasteiger partial charge in [0.05, 0.1) is 0 Å². The number of aromatic nitrogens is 3. The van der Waals surface area contributed by atoms with Gasteiger partial charge in [-0.15, -0.1) is 5.10 Å². The summed E-state index contributed by atoms with van der Waals surface area (Å²) in [5.41, 5.74) is 2.07. The molecule has 0 saturated heterocycles. The van der Waals surface area contributed by atoms with Crippen molar-refractivity contribution in [3.05, 3.63) is 58.6 Å². The SMILES string of the molecule is Cc1ccc(-c2nc(NC(=O)COc3ccc(Br)cc3)n[nH]2)cc1. The summed E-state index contributed by atoms with van der Waals surface area (Å²) in [6.07, 6.45) is 0. The lowest BCUT2D eigenvalue weighted by atomic mass is 10.1. The van der Waals surface area contributed by atoms with Crippen LogP contribution in [-0.2, 0) is 4.79 Å². The number of nitrogens with zero attached hydrogens (tertiary/aromatic N) is 2. The number of benzene rings is 2. The van der Waals surface area contributed by atoms with Crippen molar-refractivity contribution in [2.45, 2.75) is 6.92 Å². The molecule has 122 valence electrons. The first-order valence-corrected chi connectivity index (χ1v) is 8.07. The second-order valence-electron chi connectivity index (χ2n) is 5.16. The summed E-state index contributed by atoms with van der Waals surface area (Å²) in [4.78, 5) is 16.2. The van der Waals surface area contributed by atoms with Crippen molar-refractivity contribution in [1.82, 2.24) is 15.2 Å². The Hall–Kier alpha value is -2.67. The molecule has 0 unspecified atom stereocenters. The van der Waals surface area contributed by atoms with E-state index in [-0.39, 0.29) is 18.5 Å². The predicted molar refractivity (Wildman–Crippen MR) is 94.8 cm³/mol. The molecular formula is C17H15BrN4O2. The maximum Gasteiger partial charge on any atom is 0.264 e. The van der Waals surface area contributed by atoms with Gasteiger partial charge in [0, 0.05) is 10.0 Å². The highest BCUT2D eigenvalue weighted by atomic mass is 79.9. The van der Waals surface area contributed by atoms with Gasteiger partial charge in [-0.05, 0) is 31.2 Å². The number of hydrogen-bond donors (Lipinski definition) is 2. The Morgan fingerprint density at radius 3 is 2.58 bits per heavy atom. The number of aryl methyl sites for hydroxylation is 1. The fourth-order valence-electron chi connectivity index (χ4n) is 2.00. The molecule has 0 spiro atoms. The van der Waals surface area contributed by atoms with E-state index in [1.165, 1.54) is 0 Å². The summed E-state index contributed by atoms with van der Waals surface area (Å²) < 4.78 is 6.35. The molecule has 3 aromatic rings. The van der Waals surface area contributed by atoms with Crippen molar-refractivity contribution in [3.8, 4) is 17.1 Å². The number of hydrogen-bond acceptors (Lipinski definition) is 4. The lowest BCUT2D eigenvalue weighted by Gasteiger charge is -2.05. The Morgan fingerprint density at radius 1 is 1.17 bits per heavy atom. The molecule has 24 heavy (non-hydrogen) atoms. The van der Waals surface area contributed by atoms with E-state index >= 15 is 0 Å². The molecule has 0 radical (unpaired) electrons. The van der Waals surface area contributed by atoms with Crippen LogP contribution in [0.25, 0.3) is 11.4 Å². The van der Waals surface area contributed by atoms with Crippen molar-refractivity contribution in [2.75, 3.05) is 11.9 Å². The first-order valence-electron chi connectivity index (χ1n) is 7.28. The third-order valence-corrected chi connectivity index (χ3v) is 3.77.